The molecule has 4 bridgehead atoms. The van der Waals surface area contributed by atoms with Crippen molar-refractivity contribution in [2.75, 3.05) is 6.26 Å². The highest BCUT2D eigenvalue weighted by atomic mass is 32.2. The lowest BCUT2D eigenvalue weighted by molar-refractivity contribution is -0.132. The first-order chi connectivity index (χ1) is 13.5. The molecule has 5 rings (SSSR count). The Morgan fingerprint density at radius 2 is 1.83 bits per heavy atom. The van der Waals surface area contributed by atoms with Crippen molar-refractivity contribution in [3.8, 4) is 5.75 Å². The quantitative estimate of drug-likeness (QED) is 0.681. The third-order valence-corrected chi connectivity index (χ3v) is 10.4. The fourth-order valence-corrected chi connectivity index (χ4v) is 8.50. The van der Waals surface area contributed by atoms with E-state index in [2.05, 4.69) is 4.72 Å². The van der Waals surface area contributed by atoms with Gasteiger partial charge in [-0.05, 0) is 87.8 Å². The number of amides is 1. The second-order valence-electron chi connectivity index (χ2n) is 9.48. The lowest BCUT2D eigenvalue weighted by Gasteiger charge is -2.58. The summed E-state index contributed by atoms with van der Waals surface area (Å²) in [5.41, 5.74) is -1.23. The average molecular weight is 442 g/mol. The first-order valence-corrected chi connectivity index (χ1v) is 12.9. The molecule has 8 heteroatoms. The van der Waals surface area contributed by atoms with Gasteiger partial charge in [-0.15, -0.1) is 0 Å². The summed E-state index contributed by atoms with van der Waals surface area (Å²) >= 11 is 1.40. The van der Waals surface area contributed by atoms with E-state index in [1.165, 1.54) is 30.3 Å². The lowest BCUT2D eigenvalue weighted by atomic mass is 9.55. The highest BCUT2D eigenvalue weighted by molar-refractivity contribution is 7.98. The molecule has 0 spiro atoms. The lowest BCUT2D eigenvalue weighted by Crippen LogP contribution is -2.59. The molecule has 4 aliphatic rings. The minimum absolute atomic E-state index is 0.0439. The second-order valence-corrected chi connectivity index (χ2v) is 12.9. The Bertz CT molecular complexity index is 901. The molecule has 4 saturated carbocycles. The number of hydrogen-bond acceptors (Lipinski definition) is 5. The third-order valence-electron chi connectivity index (χ3n) is 6.95. The van der Waals surface area contributed by atoms with Crippen molar-refractivity contribution in [2.24, 2.45) is 17.8 Å². The van der Waals surface area contributed by atoms with Crippen LogP contribution in [0.15, 0.2) is 24.3 Å². The molecular weight excluding hydrogens is 413 g/mol. The Labute approximate surface area is 176 Å². The highest BCUT2D eigenvalue weighted by Crippen LogP contribution is 2.60. The summed E-state index contributed by atoms with van der Waals surface area (Å²) in [7, 11) is -3.09. The molecule has 5 nitrogen and oxygen atoms in total. The van der Waals surface area contributed by atoms with E-state index in [4.69, 9.17) is 4.74 Å². The standard InChI is InChI=1S/C21H28FNO4S2/c1-20(2,27-17-7-5-4-6-16(17)22)19(24)23-28-18-14-8-13-9-15(18)12-21(10-13,11-14)29(3,25)26/h4-7,13-15,18H,8-12H2,1-3H3,(H,23,24). The summed E-state index contributed by atoms with van der Waals surface area (Å²) in [5, 5.41) is 0.217. The zero-order valence-corrected chi connectivity index (χ0v) is 18.6. The van der Waals surface area contributed by atoms with Gasteiger partial charge >= 0.3 is 0 Å². The number of benzene rings is 1. The minimum atomic E-state index is -3.09. The van der Waals surface area contributed by atoms with Crippen LogP contribution in [0, 0.1) is 23.6 Å². The van der Waals surface area contributed by atoms with Crippen LogP contribution in [0.4, 0.5) is 4.39 Å². The van der Waals surface area contributed by atoms with Gasteiger partial charge in [-0.25, -0.2) is 12.8 Å². The summed E-state index contributed by atoms with van der Waals surface area (Å²) in [6.45, 7) is 3.23. The van der Waals surface area contributed by atoms with Crippen LogP contribution in [0.3, 0.4) is 0 Å². The highest BCUT2D eigenvalue weighted by Gasteiger charge is 2.59. The SMILES string of the molecule is CC(C)(Oc1ccccc1F)C(=O)NSC1C2CC3CC1CC(S(C)(=O)=O)(C3)C2. The van der Waals surface area contributed by atoms with Gasteiger partial charge in [0.2, 0.25) is 0 Å². The number of rotatable bonds is 6. The van der Waals surface area contributed by atoms with E-state index in [0.717, 1.165) is 19.3 Å². The molecule has 0 aromatic heterocycles. The van der Waals surface area contributed by atoms with Gasteiger partial charge in [0.05, 0.1) is 4.75 Å². The van der Waals surface area contributed by atoms with Crippen molar-refractivity contribution in [1.82, 2.24) is 4.72 Å². The molecule has 1 amide bonds. The van der Waals surface area contributed by atoms with Gasteiger partial charge in [-0.1, -0.05) is 12.1 Å². The Hall–Kier alpha value is -1.28. The molecule has 0 saturated heterocycles. The number of hydrogen-bond donors (Lipinski definition) is 1. The monoisotopic (exact) mass is 441 g/mol. The largest absolute Gasteiger partial charge is 0.475 e. The van der Waals surface area contributed by atoms with Crippen LogP contribution in [0.2, 0.25) is 0 Å². The number of ether oxygens (including phenoxy) is 1. The van der Waals surface area contributed by atoms with Crippen LogP contribution < -0.4 is 9.46 Å². The van der Waals surface area contributed by atoms with Crippen molar-refractivity contribution < 1.29 is 22.3 Å². The molecule has 160 valence electrons. The molecule has 0 heterocycles. The van der Waals surface area contributed by atoms with Gasteiger partial charge in [-0.3, -0.25) is 9.52 Å². The number of sulfone groups is 1. The maximum absolute atomic E-state index is 13.9. The summed E-state index contributed by atoms with van der Waals surface area (Å²) < 4.78 is 46.8. The van der Waals surface area contributed by atoms with E-state index in [1.807, 2.05) is 0 Å². The summed E-state index contributed by atoms with van der Waals surface area (Å²) in [6.07, 6.45) is 5.65. The molecule has 2 atom stereocenters. The van der Waals surface area contributed by atoms with E-state index < -0.39 is 26.0 Å². The van der Waals surface area contributed by atoms with Crippen LogP contribution in [0.1, 0.15) is 46.0 Å². The maximum Gasteiger partial charge on any atom is 0.273 e. The predicted molar refractivity (Wildman–Crippen MR) is 112 cm³/mol. The molecule has 0 radical (unpaired) electrons. The fraction of sp³-hybridized carbons (Fsp3) is 0.667. The molecule has 1 aromatic rings. The van der Waals surface area contributed by atoms with Crippen molar-refractivity contribution in [1.29, 1.82) is 0 Å². The van der Waals surface area contributed by atoms with Crippen molar-refractivity contribution in [2.45, 2.75) is 61.5 Å². The molecule has 2 unspecified atom stereocenters. The second kappa shape index (κ2) is 7.15. The van der Waals surface area contributed by atoms with Gasteiger partial charge < -0.3 is 4.74 Å². The average Bonchev–Trinajstić information content (AvgIpc) is 2.61. The van der Waals surface area contributed by atoms with Crippen LogP contribution in [0.5, 0.6) is 5.75 Å². The summed E-state index contributed by atoms with van der Waals surface area (Å²) in [4.78, 5) is 12.8. The summed E-state index contributed by atoms with van der Waals surface area (Å²) in [5.74, 6) is 0.303. The van der Waals surface area contributed by atoms with Crippen LogP contribution in [-0.2, 0) is 14.6 Å². The van der Waals surface area contributed by atoms with Crippen LogP contribution in [0.25, 0.3) is 0 Å². The topological polar surface area (TPSA) is 72.5 Å². The van der Waals surface area contributed by atoms with Crippen molar-refractivity contribution in [3.05, 3.63) is 30.1 Å². The number of nitrogens with one attached hydrogen (secondary N) is 1. The fourth-order valence-electron chi connectivity index (χ4n) is 5.64. The van der Waals surface area contributed by atoms with E-state index in [9.17, 15) is 17.6 Å². The normalized spacial score (nSPS) is 33.5. The number of carbonyl (C=O) groups excluding carboxylic acids is 1. The van der Waals surface area contributed by atoms with E-state index >= 15 is 0 Å². The first kappa shape index (κ1) is 21.0. The van der Waals surface area contributed by atoms with Crippen LogP contribution in [-0.4, -0.2) is 36.2 Å². The van der Waals surface area contributed by atoms with E-state index in [1.54, 1.807) is 26.0 Å². The van der Waals surface area contributed by atoms with Gasteiger partial charge in [0, 0.05) is 11.5 Å². The smallest absolute Gasteiger partial charge is 0.273 e. The minimum Gasteiger partial charge on any atom is -0.475 e. The van der Waals surface area contributed by atoms with E-state index in [0.29, 0.717) is 30.6 Å². The van der Waals surface area contributed by atoms with Crippen molar-refractivity contribution in [3.63, 3.8) is 0 Å². The Kier molecular flexibility index (Phi) is 5.17. The van der Waals surface area contributed by atoms with Gasteiger partial charge in [0.1, 0.15) is 0 Å². The van der Waals surface area contributed by atoms with Gasteiger partial charge in [-0.2, -0.15) is 0 Å². The number of carbonyl (C=O) groups is 1. The molecule has 4 fully saturated rings. The molecule has 29 heavy (non-hydrogen) atoms. The summed E-state index contributed by atoms with van der Waals surface area (Å²) in [6, 6.07) is 6.03. The van der Waals surface area contributed by atoms with Crippen molar-refractivity contribution >= 4 is 27.7 Å². The molecule has 0 aliphatic heterocycles. The van der Waals surface area contributed by atoms with Crippen LogP contribution >= 0.6 is 11.9 Å². The molecule has 4 aliphatic carbocycles. The predicted octanol–water partition coefficient (Wildman–Crippen LogP) is 3.74. The maximum atomic E-state index is 13.9. The molecule has 1 aromatic carbocycles. The first-order valence-electron chi connectivity index (χ1n) is 10.1. The van der Waals surface area contributed by atoms with E-state index in [-0.39, 0.29) is 16.9 Å². The third kappa shape index (κ3) is 3.78. The Morgan fingerprint density at radius 3 is 2.41 bits per heavy atom. The Balaban J connectivity index is 1.41. The zero-order valence-electron chi connectivity index (χ0n) is 17.0. The Morgan fingerprint density at radius 1 is 1.21 bits per heavy atom. The van der Waals surface area contributed by atoms with Gasteiger partial charge in [0.25, 0.3) is 5.91 Å². The number of para-hydroxylation sites is 1. The van der Waals surface area contributed by atoms with Gasteiger partial charge in [0.15, 0.2) is 27.0 Å². The molecule has 1 N–H and O–H groups in total. The number of halogens is 1. The molecular formula is C21H28FNO4S2. The zero-order chi connectivity index (χ0) is 21.0.